The Bertz CT molecular complexity index is 414. The van der Waals surface area contributed by atoms with Crippen molar-refractivity contribution in [2.75, 3.05) is 37.6 Å². The molecule has 1 aromatic rings. The fourth-order valence-electron chi connectivity index (χ4n) is 2.45. The van der Waals surface area contributed by atoms with Crippen molar-refractivity contribution in [3.8, 4) is 0 Å². The van der Waals surface area contributed by atoms with Crippen LogP contribution in [0.1, 0.15) is 20.3 Å². The Balaban J connectivity index is 1.91. The summed E-state index contributed by atoms with van der Waals surface area (Å²) in [7, 11) is 0. The van der Waals surface area contributed by atoms with E-state index in [1.54, 1.807) is 6.07 Å². The van der Waals surface area contributed by atoms with E-state index in [0.29, 0.717) is 12.2 Å². The van der Waals surface area contributed by atoms with E-state index in [0.717, 1.165) is 32.6 Å². The molecule has 1 N–H and O–H groups in total. The largest absolute Gasteiger partial charge is 0.389 e. The van der Waals surface area contributed by atoms with E-state index in [4.69, 9.17) is 0 Å². The molecule has 1 aromatic carbocycles. The molecule has 3 nitrogen and oxygen atoms in total. The van der Waals surface area contributed by atoms with Gasteiger partial charge in [-0.25, -0.2) is 4.39 Å². The van der Waals surface area contributed by atoms with Crippen LogP contribution in [0, 0.1) is 5.82 Å². The van der Waals surface area contributed by atoms with Gasteiger partial charge < -0.3 is 10.0 Å². The van der Waals surface area contributed by atoms with Crippen molar-refractivity contribution in [1.82, 2.24) is 4.90 Å². The number of β-amino-alcohol motifs (C(OH)–C–C–N with tert-alkyl or cyclic N) is 1. The van der Waals surface area contributed by atoms with E-state index in [2.05, 4.69) is 9.80 Å². The molecular weight excluding hydrogens is 243 g/mol. The van der Waals surface area contributed by atoms with Crippen molar-refractivity contribution in [2.24, 2.45) is 0 Å². The number of anilines is 1. The Labute approximate surface area is 114 Å². The molecule has 0 radical (unpaired) electrons. The van der Waals surface area contributed by atoms with E-state index in [-0.39, 0.29) is 5.82 Å². The molecule has 106 valence electrons. The summed E-state index contributed by atoms with van der Waals surface area (Å²) < 4.78 is 13.7. The first-order valence-corrected chi connectivity index (χ1v) is 6.96. The molecule has 1 atom stereocenters. The maximum absolute atomic E-state index is 13.7. The summed E-state index contributed by atoms with van der Waals surface area (Å²) in [5.74, 6) is -0.156. The van der Waals surface area contributed by atoms with Crippen LogP contribution in [-0.2, 0) is 0 Å². The smallest absolute Gasteiger partial charge is 0.146 e. The van der Waals surface area contributed by atoms with Crippen LogP contribution in [0.25, 0.3) is 0 Å². The van der Waals surface area contributed by atoms with Gasteiger partial charge in [-0.15, -0.1) is 0 Å². The maximum Gasteiger partial charge on any atom is 0.146 e. The van der Waals surface area contributed by atoms with Gasteiger partial charge in [0, 0.05) is 32.7 Å². The molecule has 19 heavy (non-hydrogen) atoms. The lowest BCUT2D eigenvalue weighted by Gasteiger charge is -2.39. The molecule has 1 aliphatic heterocycles. The Morgan fingerprint density at radius 2 is 1.84 bits per heavy atom. The summed E-state index contributed by atoms with van der Waals surface area (Å²) in [5.41, 5.74) is 0.0598. The van der Waals surface area contributed by atoms with E-state index >= 15 is 0 Å². The normalized spacial score (nSPS) is 20.3. The Hall–Kier alpha value is -1.13. The summed E-state index contributed by atoms with van der Waals surface area (Å²) >= 11 is 0. The molecule has 0 saturated carbocycles. The number of para-hydroxylation sites is 1. The van der Waals surface area contributed by atoms with Crippen LogP contribution < -0.4 is 4.90 Å². The van der Waals surface area contributed by atoms with Gasteiger partial charge in [0.2, 0.25) is 0 Å². The third kappa shape index (κ3) is 3.67. The fraction of sp³-hybridized carbons (Fsp3) is 0.600. The maximum atomic E-state index is 13.7. The minimum atomic E-state index is -0.625. The molecule has 0 aromatic heterocycles. The lowest BCUT2D eigenvalue weighted by Crippen LogP contribution is -2.51. The van der Waals surface area contributed by atoms with E-state index in [9.17, 15) is 9.50 Å². The van der Waals surface area contributed by atoms with Crippen LogP contribution >= 0.6 is 0 Å². The van der Waals surface area contributed by atoms with Gasteiger partial charge in [0.25, 0.3) is 0 Å². The highest BCUT2D eigenvalue weighted by atomic mass is 19.1. The van der Waals surface area contributed by atoms with Crippen LogP contribution in [0.4, 0.5) is 10.1 Å². The van der Waals surface area contributed by atoms with Crippen molar-refractivity contribution in [3.05, 3.63) is 30.1 Å². The minimum Gasteiger partial charge on any atom is -0.389 e. The van der Waals surface area contributed by atoms with Crippen LogP contribution in [0.3, 0.4) is 0 Å². The molecule has 2 rings (SSSR count). The monoisotopic (exact) mass is 266 g/mol. The molecule has 1 heterocycles. The number of hydrogen-bond acceptors (Lipinski definition) is 3. The Morgan fingerprint density at radius 1 is 1.21 bits per heavy atom. The van der Waals surface area contributed by atoms with E-state index in [1.807, 2.05) is 26.0 Å². The van der Waals surface area contributed by atoms with Crippen LogP contribution in [0.2, 0.25) is 0 Å². The number of rotatable bonds is 4. The second-order valence-corrected chi connectivity index (χ2v) is 5.57. The van der Waals surface area contributed by atoms with Crippen LogP contribution in [0.15, 0.2) is 24.3 Å². The standard InChI is InChI=1S/C15H23FN2O/c1-3-15(2,19)12-17-8-10-18(11-9-17)14-7-5-4-6-13(14)16/h4-7,19H,3,8-12H2,1-2H3. The van der Waals surface area contributed by atoms with Gasteiger partial charge in [-0.3, -0.25) is 4.90 Å². The van der Waals surface area contributed by atoms with Crippen molar-refractivity contribution in [1.29, 1.82) is 0 Å². The second-order valence-electron chi connectivity index (χ2n) is 5.57. The molecule has 1 saturated heterocycles. The molecule has 1 aliphatic rings. The minimum absolute atomic E-state index is 0.156. The van der Waals surface area contributed by atoms with E-state index in [1.165, 1.54) is 6.07 Å². The van der Waals surface area contributed by atoms with Crippen molar-refractivity contribution in [2.45, 2.75) is 25.9 Å². The van der Waals surface area contributed by atoms with Crippen molar-refractivity contribution >= 4 is 5.69 Å². The van der Waals surface area contributed by atoms with Gasteiger partial charge in [0.15, 0.2) is 0 Å². The number of aliphatic hydroxyl groups is 1. The molecule has 1 unspecified atom stereocenters. The van der Waals surface area contributed by atoms with Crippen molar-refractivity contribution < 1.29 is 9.50 Å². The molecule has 4 heteroatoms. The molecular formula is C15H23FN2O. The number of hydrogen-bond donors (Lipinski definition) is 1. The Kier molecular flexibility index (Phi) is 4.42. The number of halogens is 1. The molecule has 1 fully saturated rings. The first-order chi connectivity index (χ1) is 9.02. The number of nitrogens with zero attached hydrogens (tertiary/aromatic N) is 2. The van der Waals surface area contributed by atoms with Gasteiger partial charge in [-0.2, -0.15) is 0 Å². The summed E-state index contributed by atoms with van der Waals surface area (Å²) in [5, 5.41) is 10.1. The number of benzene rings is 1. The van der Waals surface area contributed by atoms with Gasteiger partial charge in [-0.1, -0.05) is 19.1 Å². The third-order valence-corrected chi connectivity index (χ3v) is 3.89. The zero-order valence-corrected chi connectivity index (χ0v) is 11.8. The van der Waals surface area contributed by atoms with Crippen LogP contribution in [0.5, 0.6) is 0 Å². The summed E-state index contributed by atoms with van der Waals surface area (Å²) in [6, 6.07) is 6.91. The van der Waals surface area contributed by atoms with E-state index < -0.39 is 5.60 Å². The van der Waals surface area contributed by atoms with Gasteiger partial charge >= 0.3 is 0 Å². The summed E-state index contributed by atoms with van der Waals surface area (Å²) in [4.78, 5) is 4.33. The van der Waals surface area contributed by atoms with Crippen LogP contribution in [-0.4, -0.2) is 48.3 Å². The molecule has 0 bridgehead atoms. The first-order valence-electron chi connectivity index (χ1n) is 6.96. The molecule has 0 spiro atoms. The average Bonchev–Trinajstić information content (AvgIpc) is 2.40. The zero-order chi connectivity index (χ0) is 13.9. The highest BCUT2D eigenvalue weighted by Crippen LogP contribution is 2.21. The highest BCUT2D eigenvalue weighted by molar-refractivity contribution is 5.47. The third-order valence-electron chi connectivity index (χ3n) is 3.89. The predicted octanol–water partition coefficient (Wildman–Crippen LogP) is 2.11. The zero-order valence-electron chi connectivity index (χ0n) is 11.8. The quantitative estimate of drug-likeness (QED) is 0.904. The Morgan fingerprint density at radius 3 is 2.42 bits per heavy atom. The SMILES string of the molecule is CCC(C)(O)CN1CCN(c2ccccc2F)CC1. The lowest BCUT2D eigenvalue weighted by atomic mass is 10.0. The lowest BCUT2D eigenvalue weighted by molar-refractivity contribution is 0.0149. The molecule has 0 aliphatic carbocycles. The van der Waals surface area contributed by atoms with Gasteiger partial charge in [-0.05, 0) is 25.5 Å². The topological polar surface area (TPSA) is 26.7 Å². The fourth-order valence-corrected chi connectivity index (χ4v) is 2.45. The van der Waals surface area contributed by atoms with Crippen molar-refractivity contribution in [3.63, 3.8) is 0 Å². The first kappa shape index (κ1) is 14.3. The average molecular weight is 266 g/mol. The predicted molar refractivity (Wildman–Crippen MR) is 76.0 cm³/mol. The highest BCUT2D eigenvalue weighted by Gasteiger charge is 2.25. The summed E-state index contributed by atoms with van der Waals surface area (Å²) in [6.45, 7) is 7.90. The van der Waals surface area contributed by atoms with Gasteiger partial charge in [0.1, 0.15) is 5.82 Å². The van der Waals surface area contributed by atoms with Gasteiger partial charge in [0.05, 0.1) is 11.3 Å². The second kappa shape index (κ2) is 5.88. The summed E-state index contributed by atoms with van der Waals surface area (Å²) in [6.07, 6.45) is 0.751. The molecule has 0 amide bonds. The number of piperazine rings is 1.